The molecule has 1 saturated heterocycles. The van der Waals surface area contributed by atoms with Crippen molar-refractivity contribution in [3.05, 3.63) is 59.9 Å². The molecule has 2 N–H and O–H groups in total. The molecule has 23 heavy (non-hydrogen) atoms. The Labute approximate surface area is 136 Å². The fourth-order valence-electron chi connectivity index (χ4n) is 2.95. The summed E-state index contributed by atoms with van der Waals surface area (Å²) in [5.41, 5.74) is 3.13. The van der Waals surface area contributed by atoms with Crippen molar-refractivity contribution >= 4 is 11.6 Å². The third-order valence-corrected chi connectivity index (χ3v) is 4.07. The van der Waals surface area contributed by atoms with Crippen LogP contribution in [0.25, 0.3) is 0 Å². The first-order valence-corrected chi connectivity index (χ1v) is 7.93. The van der Waals surface area contributed by atoms with Crippen molar-refractivity contribution in [2.45, 2.75) is 13.0 Å². The van der Waals surface area contributed by atoms with Crippen molar-refractivity contribution in [3.63, 3.8) is 0 Å². The Kier molecular flexibility index (Phi) is 5.00. The number of anilines is 1. The van der Waals surface area contributed by atoms with Crippen LogP contribution in [0.1, 0.15) is 17.2 Å². The summed E-state index contributed by atoms with van der Waals surface area (Å²) in [5, 5.41) is 6.38. The Morgan fingerprint density at radius 1 is 1.39 bits per heavy atom. The van der Waals surface area contributed by atoms with Gasteiger partial charge in [0.2, 0.25) is 5.91 Å². The first kappa shape index (κ1) is 15.6. The summed E-state index contributed by atoms with van der Waals surface area (Å²) < 4.78 is 0. The number of carbonyl (C=O) groups is 1. The van der Waals surface area contributed by atoms with E-state index in [9.17, 15) is 4.79 Å². The zero-order valence-electron chi connectivity index (χ0n) is 13.3. The highest BCUT2D eigenvalue weighted by molar-refractivity contribution is 5.92. The number of aryl methyl sites for hydroxylation is 1. The number of aromatic nitrogens is 1. The van der Waals surface area contributed by atoms with Crippen molar-refractivity contribution in [3.8, 4) is 0 Å². The van der Waals surface area contributed by atoms with Gasteiger partial charge in [-0.05, 0) is 36.2 Å². The van der Waals surface area contributed by atoms with Gasteiger partial charge in [-0.2, -0.15) is 0 Å². The summed E-state index contributed by atoms with van der Waals surface area (Å²) in [6, 6.07) is 12.1. The molecule has 0 aliphatic carbocycles. The van der Waals surface area contributed by atoms with Crippen molar-refractivity contribution in [1.29, 1.82) is 0 Å². The molecule has 0 spiro atoms. The van der Waals surface area contributed by atoms with Crippen LogP contribution in [0.5, 0.6) is 0 Å². The summed E-state index contributed by atoms with van der Waals surface area (Å²) in [6.07, 6.45) is 3.65. The molecule has 2 aromatic rings. The lowest BCUT2D eigenvalue weighted by Gasteiger charge is -2.35. The minimum Gasteiger partial charge on any atom is -0.325 e. The van der Waals surface area contributed by atoms with Crippen LogP contribution in [0.3, 0.4) is 0 Å². The highest BCUT2D eigenvalue weighted by atomic mass is 16.2. The Morgan fingerprint density at radius 3 is 3.09 bits per heavy atom. The van der Waals surface area contributed by atoms with Crippen LogP contribution < -0.4 is 10.6 Å². The van der Waals surface area contributed by atoms with Gasteiger partial charge in [0, 0.05) is 43.8 Å². The van der Waals surface area contributed by atoms with Gasteiger partial charge in [0.1, 0.15) is 0 Å². The van der Waals surface area contributed by atoms with Crippen LogP contribution >= 0.6 is 0 Å². The van der Waals surface area contributed by atoms with E-state index in [0.29, 0.717) is 6.54 Å². The number of pyridine rings is 1. The molecule has 0 radical (unpaired) electrons. The summed E-state index contributed by atoms with van der Waals surface area (Å²) in [6.45, 7) is 4.98. The van der Waals surface area contributed by atoms with Gasteiger partial charge in [0.05, 0.1) is 6.54 Å². The van der Waals surface area contributed by atoms with Gasteiger partial charge in [-0.25, -0.2) is 0 Å². The normalized spacial score (nSPS) is 18.6. The predicted molar refractivity (Wildman–Crippen MR) is 91.2 cm³/mol. The Bertz CT molecular complexity index is 659. The fraction of sp³-hybridized carbons (Fsp3) is 0.333. The van der Waals surface area contributed by atoms with Gasteiger partial charge in [0.25, 0.3) is 0 Å². The maximum atomic E-state index is 12.4. The lowest BCUT2D eigenvalue weighted by molar-refractivity contribution is -0.118. The Hall–Kier alpha value is -2.24. The molecule has 1 fully saturated rings. The zero-order valence-corrected chi connectivity index (χ0v) is 13.3. The molecule has 120 valence electrons. The van der Waals surface area contributed by atoms with Crippen LogP contribution in [0.15, 0.2) is 48.8 Å². The average molecular weight is 310 g/mol. The van der Waals surface area contributed by atoms with E-state index in [1.54, 1.807) is 6.20 Å². The van der Waals surface area contributed by atoms with Crippen molar-refractivity contribution in [1.82, 2.24) is 15.2 Å². The van der Waals surface area contributed by atoms with Gasteiger partial charge >= 0.3 is 0 Å². The maximum absolute atomic E-state index is 12.4. The van der Waals surface area contributed by atoms with E-state index < -0.39 is 0 Å². The quantitative estimate of drug-likeness (QED) is 0.906. The molecular formula is C18H22N4O. The van der Waals surface area contributed by atoms with Gasteiger partial charge in [0.15, 0.2) is 0 Å². The van der Waals surface area contributed by atoms with Crippen LogP contribution in [-0.2, 0) is 4.79 Å². The predicted octanol–water partition coefficient (Wildman–Crippen LogP) is 1.98. The first-order valence-electron chi connectivity index (χ1n) is 7.93. The number of piperazine rings is 1. The maximum Gasteiger partial charge on any atom is 0.238 e. The number of nitrogens with one attached hydrogen (secondary N) is 2. The molecule has 5 heteroatoms. The van der Waals surface area contributed by atoms with E-state index in [2.05, 4.69) is 26.6 Å². The standard InChI is InChI=1S/C18H22N4O/c1-14-4-2-6-16(10-14)21-18(23)13-22-9-8-20-12-17(22)15-5-3-7-19-11-15/h2-7,10-11,17,20H,8-9,12-13H2,1H3,(H,21,23). The van der Waals surface area contributed by atoms with Crippen molar-refractivity contribution < 1.29 is 4.79 Å². The molecule has 1 aromatic heterocycles. The van der Waals surface area contributed by atoms with Gasteiger partial charge in [-0.3, -0.25) is 14.7 Å². The highest BCUT2D eigenvalue weighted by Crippen LogP contribution is 2.21. The van der Waals surface area contributed by atoms with Crippen LogP contribution in [0, 0.1) is 6.92 Å². The molecule has 5 nitrogen and oxygen atoms in total. The number of carbonyl (C=O) groups excluding carboxylic acids is 1. The van der Waals surface area contributed by atoms with E-state index in [1.807, 2.05) is 43.5 Å². The van der Waals surface area contributed by atoms with Gasteiger partial charge in [-0.15, -0.1) is 0 Å². The number of nitrogens with zero attached hydrogens (tertiary/aromatic N) is 2. The van der Waals surface area contributed by atoms with Crippen molar-refractivity contribution in [2.75, 3.05) is 31.5 Å². The SMILES string of the molecule is Cc1cccc(NC(=O)CN2CCNCC2c2cccnc2)c1. The molecule has 1 atom stereocenters. The topological polar surface area (TPSA) is 57.3 Å². The van der Waals surface area contributed by atoms with Gasteiger partial charge < -0.3 is 10.6 Å². The monoisotopic (exact) mass is 310 g/mol. The number of amides is 1. The highest BCUT2D eigenvalue weighted by Gasteiger charge is 2.25. The van der Waals surface area contributed by atoms with Crippen LogP contribution in [-0.4, -0.2) is 42.0 Å². The van der Waals surface area contributed by atoms with E-state index in [0.717, 1.165) is 36.4 Å². The lowest BCUT2D eigenvalue weighted by atomic mass is 10.1. The second-order valence-electron chi connectivity index (χ2n) is 5.89. The summed E-state index contributed by atoms with van der Waals surface area (Å²) in [4.78, 5) is 18.8. The summed E-state index contributed by atoms with van der Waals surface area (Å²) in [5.74, 6) is 0.0198. The average Bonchev–Trinajstić information content (AvgIpc) is 2.56. The molecule has 1 unspecified atom stereocenters. The number of hydrogen-bond donors (Lipinski definition) is 2. The first-order chi connectivity index (χ1) is 11.2. The minimum absolute atomic E-state index is 0.0198. The van der Waals surface area contributed by atoms with Gasteiger partial charge in [-0.1, -0.05) is 18.2 Å². The second kappa shape index (κ2) is 7.35. The molecule has 0 bridgehead atoms. The third kappa shape index (κ3) is 4.15. The summed E-state index contributed by atoms with van der Waals surface area (Å²) >= 11 is 0. The number of hydrogen-bond acceptors (Lipinski definition) is 4. The van der Waals surface area contributed by atoms with Crippen LogP contribution in [0.4, 0.5) is 5.69 Å². The molecular weight excluding hydrogens is 288 g/mol. The van der Waals surface area contributed by atoms with E-state index >= 15 is 0 Å². The number of benzene rings is 1. The van der Waals surface area contributed by atoms with E-state index in [4.69, 9.17) is 0 Å². The molecule has 1 aliphatic rings. The Morgan fingerprint density at radius 2 is 2.30 bits per heavy atom. The largest absolute Gasteiger partial charge is 0.325 e. The molecule has 1 aromatic carbocycles. The molecule has 0 saturated carbocycles. The van der Waals surface area contributed by atoms with E-state index in [-0.39, 0.29) is 11.9 Å². The molecule has 1 amide bonds. The molecule has 3 rings (SSSR count). The Balaban J connectivity index is 1.66. The van der Waals surface area contributed by atoms with Crippen LogP contribution in [0.2, 0.25) is 0 Å². The smallest absolute Gasteiger partial charge is 0.238 e. The van der Waals surface area contributed by atoms with Crippen molar-refractivity contribution in [2.24, 2.45) is 0 Å². The molecule has 2 heterocycles. The fourth-order valence-corrected chi connectivity index (χ4v) is 2.95. The lowest BCUT2D eigenvalue weighted by Crippen LogP contribution is -2.48. The number of rotatable bonds is 4. The second-order valence-corrected chi connectivity index (χ2v) is 5.89. The molecule has 1 aliphatic heterocycles. The third-order valence-electron chi connectivity index (χ3n) is 4.07. The minimum atomic E-state index is 0.0198. The zero-order chi connectivity index (χ0) is 16.1. The van der Waals surface area contributed by atoms with E-state index in [1.165, 1.54) is 0 Å². The summed E-state index contributed by atoms with van der Waals surface area (Å²) in [7, 11) is 0.